The maximum Gasteiger partial charge on any atom is 0.120 e. The zero-order chi connectivity index (χ0) is 11.3. The number of aliphatic hydroxyl groups excluding tert-OH is 1. The average molecular weight is 209 g/mol. The van der Waals surface area contributed by atoms with Crippen LogP contribution in [0, 0.1) is 6.92 Å². The summed E-state index contributed by atoms with van der Waals surface area (Å²) in [6.45, 7) is 4.90. The first-order chi connectivity index (χ1) is 7.15. The quantitative estimate of drug-likeness (QED) is 0.647. The minimum Gasteiger partial charge on any atom is -0.508 e. The molecule has 0 saturated heterocycles. The van der Waals surface area contributed by atoms with E-state index in [9.17, 15) is 5.11 Å². The second-order valence-electron chi connectivity index (χ2n) is 3.82. The highest BCUT2D eigenvalue weighted by atomic mass is 16.3. The van der Waals surface area contributed by atoms with Crippen molar-refractivity contribution in [1.82, 2.24) is 5.32 Å². The van der Waals surface area contributed by atoms with Crippen LogP contribution in [0.2, 0.25) is 0 Å². The number of hydrogen-bond acceptors (Lipinski definition) is 3. The molecule has 1 aromatic rings. The van der Waals surface area contributed by atoms with Gasteiger partial charge >= 0.3 is 0 Å². The Kier molecular flexibility index (Phi) is 4.59. The highest BCUT2D eigenvalue weighted by molar-refractivity contribution is 5.37. The van der Waals surface area contributed by atoms with Crippen molar-refractivity contribution in [1.29, 1.82) is 0 Å². The summed E-state index contributed by atoms with van der Waals surface area (Å²) in [7, 11) is 0. The molecule has 1 atom stereocenters. The van der Waals surface area contributed by atoms with Gasteiger partial charge in [0, 0.05) is 18.2 Å². The second-order valence-corrected chi connectivity index (χ2v) is 3.82. The standard InChI is InChI=1S/C12H19NO2/c1-9-4-5-11(12(15)8-9)10(2)13-6-3-7-14/h4-5,8,10,13-15H,3,6-7H2,1-2H3. The Hall–Kier alpha value is -1.06. The molecule has 3 nitrogen and oxygen atoms in total. The van der Waals surface area contributed by atoms with Crippen LogP contribution in [0.3, 0.4) is 0 Å². The molecule has 84 valence electrons. The highest BCUT2D eigenvalue weighted by Gasteiger charge is 2.08. The van der Waals surface area contributed by atoms with Crippen molar-refractivity contribution in [3.05, 3.63) is 29.3 Å². The van der Waals surface area contributed by atoms with Crippen LogP contribution < -0.4 is 5.32 Å². The van der Waals surface area contributed by atoms with Crippen LogP contribution in [0.1, 0.15) is 30.5 Å². The number of aryl methyl sites for hydroxylation is 1. The summed E-state index contributed by atoms with van der Waals surface area (Å²) in [4.78, 5) is 0. The van der Waals surface area contributed by atoms with E-state index in [1.54, 1.807) is 6.07 Å². The molecular formula is C12H19NO2. The van der Waals surface area contributed by atoms with Gasteiger partial charge in [-0.05, 0) is 38.4 Å². The Balaban J connectivity index is 2.61. The van der Waals surface area contributed by atoms with Crippen LogP contribution in [0.4, 0.5) is 0 Å². The van der Waals surface area contributed by atoms with Gasteiger partial charge < -0.3 is 15.5 Å². The SMILES string of the molecule is Cc1ccc(C(C)NCCCO)c(O)c1. The summed E-state index contributed by atoms with van der Waals surface area (Å²) < 4.78 is 0. The smallest absolute Gasteiger partial charge is 0.120 e. The van der Waals surface area contributed by atoms with E-state index in [1.807, 2.05) is 26.0 Å². The van der Waals surface area contributed by atoms with E-state index in [4.69, 9.17) is 5.11 Å². The molecule has 1 rings (SSSR count). The third kappa shape index (κ3) is 3.53. The predicted molar refractivity (Wildman–Crippen MR) is 61.0 cm³/mol. The van der Waals surface area contributed by atoms with Crippen LogP contribution in [-0.4, -0.2) is 23.4 Å². The van der Waals surface area contributed by atoms with Crippen molar-refractivity contribution in [3.8, 4) is 5.75 Å². The van der Waals surface area contributed by atoms with Gasteiger partial charge in [-0.1, -0.05) is 12.1 Å². The topological polar surface area (TPSA) is 52.5 Å². The summed E-state index contributed by atoms with van der Waals surface area (Å²) in [5.74, 6) is 0.332. The Morgan fingerprint density at radius 3 is 2.73 bits per heavy atom. The molecule has 0 amide bonds. The van der Waals surface area contributed by atoms with Crippen molar-refractivity contribution < 1.29 is 10.2 Å². The molecule has 0 radical (unpaired) electrons. The Morgan fingerprint density at radius 1 is 1.40 bits per heavy atom. The van der Waals surface area contributed by atoms with Gasteiger partial charge in [0.05, 0.1) is 0 Å². The van der Waals surface area contributed by atoms with Gasteiger partial charge in [0.1, 0.15) is 5.75 Å². The summed E-state index contributed by atoms with van der Waals surface area (Å²) in [6, 6.07) is 5.79. The molecule has 1 unspecified atom stereocenters. The van der Waals surface area contributed by atoms with E-state index in [2.05, 4.69) is 5.32 Å². The molecule has 0 aromatic heterocycles. The average Bonchev–Trinajstić information content (AvgIpc) is 2.17. The van der Waals surface area contributed by atoms with Crippen molar-refractivity contribution >= 4 is 0 Å². The van der Waals surface area contributed by atoms with Crippen molar-refractivity contribution in [3.63, 3.8) is 0 Å². The van der Waals surface area contributed by atoms with Gasteiger partial charge in [-0.25, -0.2) is 0 Å². The van der Waals surface area contributed by atoms with Crippen molar-refractivity contribution in [2.75, 3.05) is 13.2 Å². The molecule has 0 fully saturated rings. The molecule has 1 aromatic carbocycles. The molecule has 0 aliphatic carbocycles. The van der Waals surface area contributed by atoms with Crippen molar-refractivity contribution in [2.45, 2.75) is 26.3 Å². The number of benzene rings is 1. The fourth-order valence-electron chi connectivity index (χ4n) is 1.53. The van der Waals surface area contributed by atoms with E-state index in [-0.39, 0.29) is 12.6 Å². The van der Waals surface area contributed by atoms with Crippen LogP contribution in [0.15, 0.2) is 18.2 Å². The normalized spacial score (nSPS) is 12.7. The Labute approximate surface area is 90.8 Å². The van der Waals surface area contributed by atoms with Crippen LogP contribution in [-0.2, 0) is 0 Å². The lowest BCUT2D eigenvalue weighted by molar-refractivity contribution is 0.283. The van der Waals surface area contributed by atoms with E-state index >= 15 is 0 Å². The monoisotopic (exact) mass is 209 g/mol. The molecule has 0 saturated carbocycles. The lowest BCUT2D eigenvalue weighted by Crippen LogP contribution is -2.20. The highest BCUT2D eigenvalue weighted by Crippen LogP contribution is 2.24. The number of aromatic hydroxyl groups is 1. The number of phenols is 1. The molecule has 0 aliphatic heterocycles. The molecule has 0 heterocycles. The molecule has 3 heteroatoms. The van der Waals surface area contributed by atoms with Gasteiger partial charge in [-0.15, -0.1) is 0 Å². The van der Waals surface area contributed by atoms with Gasteiger partial charge in [0.25, 0.3) is 0 Å². The third-order valence-electron chi connectivity index (χ3n) is 2.44. The molecule has 0 spiro atoms. The second kappa shape index (κ2) is 5.73. The largest absolute Gasteiger partial charge is 0.508 e. The fraction of sp³-hybridized carbons (Fsp3) is 0.500. The summed E-state index contributed by atoms with van der Waals surface area (Å²) >= 11 is 0. The zero-order valence-corrected chi connectivity index (χ0v) is 9.33. The minimum atomic E-state index is 0.108. The van der Waals surface area contributed by atoms with Gasteiger partial charge in [-0.2, -0.15) is 0 Å². The first-order valence-corrected chi connectivity index (χ1v) is 5.29. The van der Waals surface area contributed by atoms with Gasteiger partial charge in [-0.3, -0.25) is 0 Å². The first kappa shape index (κ1) is 12.0. The lowest BCUT2D eigenvalue weighted by atomic mass is 10.1. The van der Waals surface area contributed by atoms with Crippen LogP contribution in [0.25, 0.3) is 0 Å². The van der Waals surface area contributed by atoms with Crippen molar-refractivity contribution in [2.24, 2.45) is 0 Å². The molecule has 15 heavy (non-hydrogen) atoms. The summed E-state index contributed by atoms with van der Waals surface area (Å²) in [5, 5.41) is 21.6. The third-order valence-corrected chi connectivity index (χ3v) is 2.44. The Morgan fingerprint density at radius 2 is 2.13 bits per heavy atom. The molecule has 3 N–H and O–H groups in total. The molecule has 0 bridgehead atoms. The van der Waals surface area contributed by atoms with E-state index in [1.165, 1.54) is 0 Å². The fourth-order valence-corrected chi connectivity index (χ4v) is 1.53. The predicted octanol–water partition coefficient (Wildman–Crippen LogP) is 1.73. The molecule has 0 aliphatic rings. The number of aliphatic hydroxyl groups is 1. The summed E-state index contributed by atoms with van der Waals surface area (Å²) in [5.41, 5.74) is 1.96. The number of hydrogen-bond donors (Lipinski definition) is 3. The zero-order valence-electron chi connectivity index (χ0n) is 9.33. The summed E-state index contributed by atoms with van der Waals surface area (Å²) in [6.07, 6.45) is 0.733. The van der Waals surface area contributed by atoms with E-state index < -0.39 is 0 Å². The lowest BCUT2D eigenvalue weighted by Gasteiger charge is -2.15. The van der Waals surface area contributed by atoms with Gasteiger partial charge in [0.15, 0.2) is 0 Å². The van der Waals surface area contributed by atoms with E-state index in [0.717, 1.165) is 24.1 Å². The Bertz CT molecular complexity index is 312. The number of rotatable bonds is 5. The van der Waals surface area contributed by atoms with Crippen LogP contribution >= 0.6 is 0 Å². The number of phenolic OH excluding ortho intramolecular Hbond substituents is 1. The van der Waals surface area contributed by atoms with Gasteiger partial charge in [0.2, 0.25) is 0 Å². The van der Waals surface area contributed by atoms with Crippen LogP contribution in [0.5, 0.6) is 5.75 Å². The maximum atomic E-state index is 9.73. The number of nitrogens with one attached hydrogen (secondary N) is 1. The molecular weight excluding hydrogens is 190 g/mol. The minimum absolute atomic E-state index is 0.108. The maximum absolute atomic E-state index is 9.73. The van der Waals surface area contributed by atoms with E-state index in [0.29, 0.717) is 5.75 Å². The first-order valence-electron chi connectivity index (χ1n) is 5.29.